The first kappa shape index (κ1) is 24.0. The van der Waals surface area contributed by atoms with E-state index in [1.807, 2.05) is 35.2 Å². The van der Waals surface area contributed by atoms with Crippen LogP contribution in [0.5, 0.6) is 11.6 Å². The van der Waals surface area contributed by atoms with Gasteiger partial charge in [-0.2, -0.15) is 4.98 Å². The zero-order valence-electron chi connectivity index (χ0n) is 22.6. The molecule has 4 saturated heterocycles. The minimum atomic E-state index is 0.133. The molecule has 4 aliphatic heterocycles. The van der Waals surface area contributed by atoms with Gasteiger partial charge in [-0.3, -0.25) is 9.47 Å². The van der Waals surface area contributed by atoms with E-state index < -0.39 is 0 Å². The summed E-state index contributed by atoms with van der Waals surface area (Å²) in [5, 5.41) is 16.2. The maximum absolute atomic E-state index is 10.7. The summed E-state index contributed by atoms with van der Waals surface area (Å²) in [6.07, 6.45) is 15.0. The maximum atomic E-state index is 10.7. The molecule has 2 aromatic carbocycles. The van der Waals surface area contributed by atoms with Crippen molar-refractivity contribution in [1.82, 2.24) is 24.8 Å². The molecule has 4 aromatic rings. The number of fused-ring (bicyclic) bond motifs is 5. The summed E-state index contributed by atoms with van der Waals surface area (Å²) in [5.74, 6) is 4.52. The molecule has 40 heavy (non-hydrogen) atoms. The Morgan fingerprint density at radius 2 is 1.90 bits per heavy atom. The van der Waals surface area contributed by atoms with Crippen LogP contribution in [0.1, 0.15) is 44.1 Å². The fourth-order valence-electron chi connectivity index (χ4n) is 7.80. The van der Waals surface area contributed by atoms with Crippen molar-refractivity contribution in [3.05, 3.63) is 48.3 Å². The molecule has 2 N–H and O–H groups in total. The van der Waals surface area contributed by atoms with Gasteiger partial charge < -0.3 is 20.1 Å². The van der Waals surface area contributed by atoms with Crippen molar-refractivity contribution in [3.8, 4) is 29.7 Å². The Bertz CT molecular complexity index is 1650. The highest BCUT2D eigenvalue weighted by molar-refractivity contribution is 5.98. The number of terminal acetylenes is 1. The molecular formula is C32H34N6O2. The van der Waals surface area contributed by atoms with Crippen molar-refractivity contribution in [3.63, 3.8) is 0 Å². The van der Waals surface area contributed by atoms with E-state index in [1.165, 1.54) is 51.6 Å². The van der Waals surface area contributed by atoms with Gasteiger partial charge in [0, 0.05) is 48.3 Å². The predicted octanol–water partition coefficient (Wildman–Crippen LogP) is 4.21. The van der Waals surface area contributed by atoms with Gasteiger partial charge in [-0.1, -0.05) is 18.1 Å². The van der Waals surface area contributed by atoms with Crippen molar-refractivity contribution in [1.29, 1.82) is 0 Å². The van der Waals surface area contributed by atoms with Crippen LogP contribution in [-0.4, -0.2) is 75.0 Å². The van der Waals surface area contributed by atoms with Gasteiger partial charge >= 0.3 is 0 Å². The smallest absolute Gasteiger partial charge is 0.217 e. The Morgan fingerprint density at radius 1 is 1.10 bits per heavy atom. The average Bonchev–Trinajstić information content (AvgIpc) is 3.73. The van der Waals surface area contributed by atoms with E-state index in [9.17, 15) is 5.11 Å². The fraction of sp³-hybridized carbons (Fsp3) is 0.438. The number of aromatic nitrogens is 3. The Morgan fingerprint density at radius 3 is 2.67 bits per heavy atom. The Labute approximate surface area is 234 Å². The molecule has 4 fully saturated rings. The van der Waals surface area contributed by atoms with Gasteiger partial charge in [0.2, 0.25) is 5.88 Å². The van der Waals surface area contributed by atoms with E-state index in [0.29, 0.717) is 24.6 Å². The van der Waals surface area contributed by atoms with E-state index in [4.69, 9.17) is 21.1 Å². The van der Waals surface area contributed by atoms with E-state index in [2.05, 4.69) is 21.0 Å². The number of anilines is 1. The lowest BCUT2D eigenvalue weighted by atomic mass is 9.95. The number of phenolic OH excluding ortho intramolecular Hbond substituents is 1. The first-order chi connectivity index (χ1) is 19.6. The summed E-state index contributed by atoms with van der Waals surface area (Å²) in [6.45, 7) is 4.80. The molecule has 204 valence electrons. The number of hydrogen-bond donors (Lipinski definition) is 2. The summed E-state index contributed by atoms with van der Waals surface area (Å²) >= 11 is 0. The Balaban J connectivity index is 1.27. The monoisotopic (exact) mass is 534 g/mol. The molecule has 2 bridgehead atoms. The predicted molar refractivity (Wildman–Crippen MR) is 156 cm³/mol. The van der Waals surface area contributed by atoms with Crippen LogP contribution in [0.3, 0.4) is 0 Å². The minimum Gasteiger partial charge on any atom is -0.508 e. The van der Waals surface area contributed by atoms with E-state index in [0.717, 1.165) is 52.0 Å². The summed E-state index contributed by atoms with van der Waals surface area (Å²) < 4.78 is 8.63. The third-order valence-corrected chi connectivity index (χ3v) is 9.66. The van der Waals surface area contributed by atoms with E-state index in [1.54, 1.807) is 12.1 Å². The lowest BCUT2D eigenvalue weighted by molar-refractivity contribution is 0.111. The number of nitrogens with one attached hydrogen (secondary N) is 1. The van der Waals surface area contributed by atoms with Gasteiger partial charge in [0.1, 0.15) is 24.2 Å². The molecule has 8 heteroatoms. The van der Waals surface area contributed by atoms with Crippen LogP contribution in [0.2, 0.25) is 0 Å². The maximum Gasteiger partial charge on any atom is 0.217 e. The van der Waals surface area contributed by atoms with Gasteiger partial charge in [-0.05, 0) is 69.1 Å². The van der Waals surface area contributed by atoms with Crippen molar-refractivity contribution in [2.75, 3.05) is 37.7 Å². The number of hydrogen-bond acceptors (Lipinski definition) is 7. The zero-order valence-corrected chi connectivity index (χ0v) is 22.6. The number of rotatable bonds is 5. The highest BCUT2D eigenvalue weighted by Gasteiger charge is 2.45. The third-order valence-electron chi connectivity index (χ3n) is 9.66. The fourth-order valence-corrected chi connectivity index (χ4v) is 7.80. The van der Waals surface area contributed by atoms with Gasteiger partial charge in [-0.25, -0.2) is 4.98 Å². The minimum absolute atomic E-state index is 0.133. The number of aromatic hydroxyl groups is 1. The number of nitrogens with zero attached hydrogens (tertiary/aromatic N) is 5. The second-order valence-corrected chi connectivity index (χ2v) is 12.0. The van der Waals surface area contributed by atoms with Gasteiger partial charge in [0.15, 0.2) is 5.82 Å². The SMILES string of the molecule is C#Cc1cccc2cc(O)cc(-n3cnc4c(N5CC6CCC(C5)N6)nc(OCC56CCCN5CCC6)cc43)c12. The van der Waals surface area contributed by atoms with Crippen LogP contribution in [-0.2, 0) is 0 Å². The van der Waals surface area contributed by atoms with Gasteiger partial charge in [0.05, 0.1) is 16.7 Å². The molecule has 2 atom stereocenters. The largest absolute Gasteiger partial charge is 0.508 e. The van der Waals surface area contributed by atoms with Crippen LogP contribution in [0.4, 0.5) is 5.82 Å². The zero-order chi connectivity index (χ0) is 26.8. The highest BCUT2D eigenvalue weighted by Crippen LogP contribution is 2.40. The molecule has 8 rings (SSSR count). The quantitative estimate of drug-likeness (QED) is 0.372. The second-order valence-electron chi connectivity index (χ2n) is 12.0. The number of piperazine rings is 1. The van der Waals surface area contributed by atoms with Crippen LogP contribution >= 0.6 is 0 Å². The lowest BCUT2D eigenvalue weighted by Gasteiger charge is -2.34. The first-order valence-corrected chi connectivity index (χ1v) is 14.6. The molecule has 0 saturated carbocycles. The Hall–Kier alpha value is -3.80. The summed E-state index contributed by atoms with van der Waals surface area (Å²) in [7, 11) is 0. The molecule has 8 nitrogen and oxygen atoms in total. The molecule has 6 heterocycles. The highest BCUT2D eigenvalue weighted by atomic mass is 16.5. The second kappa shape index (κ2) is 9.12. The Kier molecular flexibility index (Phi) is 5.48. The first-order valence-electron chi connectivity index (χ1n) is 14.6. The number of imidazole rings is 1. The standard InChI is InChI=1S/C32H34N6O2/c1-2-21-6-3-7-22-14-25(39)15-26(29(21)22)38-20-33-30-27(38)16-28(40-19-32-10-4-12-37(32)13-5-11-32)35-31(30)36-17-23-8-9-24(18-36)34-23/h1,3,6-7,14-16,20,23-24,34,39H,4-5,8-13,17-19H2. The van der Waals surface area contributed by atoms with Crippen LogP contribution < -0.4 is 15.0 Å². The number of ether oxygens (including phenoxy) is 1. The summed E-state index contributed by atoms with van der Waals surface area (Å²) in [5.41, 5.74) is 3.45. The molecule has 4 aliphatic rings. The molecule has 2 unspecified atom stereocenters. The van der Waals surface area contributed by atoms with Crippen molar-refractivity contribution in [2.45, 2.75) is 56.1 Å². The van der Waals surface area contributed by atoms with Crippen molar-refractivity contribution in [2.24, 2.45) is 0 Å². The summed E-state index contributed by atoms with van der Waals surface area (Å²) in [4.78, 5) is 15.0. The normalized spacial score (nSPS) is 23.6. The van der Waals surface area contributed by atoms with E-state index in [-0.39, 0.29) is 11.3 Å². The van der Waals surface area contributed by atoms with Crippen molar-refractivity contribution >= 4 is 27.6 Å². The van der Waals surface area contributed by atoms with Crippen LogP contribution in [0, 0.1) is 12.3 Å². The molecule has 0 aliphatic carbocycles. The molecule has 0 radical (unpaired) electrons. The molecule has 0 spiro atoms. The molecular weight excluding hydrogens is 500 g/mol. The number of phenols is 1. The lowest BCUT2D eigenvalue weighted by Crippen LogP contribution is -2.51. The summed E-state index contributed by atoms with van der Waals surface area (Å²) in [6, 6.07) is 12.3. The average molecular weight is 535 g/mol. The van der Waals surface area contributed by atoms with Crippen LogP contribution in [0.25, 0.3) is 27.5 Å². The molecule has 2 aromatic heterocycles. The van der Waals surface area contributed by atoms with Gasteiger partial charge in [-0.15, -0.1) is 6.42 Å². The van der Waals surface area contributed by atoms with Crippen LogP contribution in [0.15, 0.2) is 42.7 Å². The third kappa shape index (κ3) is 3.75. The van der Waals surface area contributed by atoms with Gasteiger partial charge in [0.25, 0.3) is 0 Å². The van der Waals surface area contributed by atoms with E-state index >= 15 is 0 Å². The topological polar surface area (TPSA) is 78.7 Å². The van der Waals surface area contributed by atoms with Crippen molar-refractivity contribution < 1.29 is 9.84 Å². The number of pyridine rings is 1. The number of benzene rings is 2. The molecule has 0 amide bonds.